The lowest BCUT2D eigenvalue weighted by Gasteiger charge is -2.70. The van der Waals surface area contributed by atoms with Crippen LogP contribution in [0.2, 0.25) is 0 Å². The third kappa shape index (κ3) is 5.34. The number of aliphatic hydroxyl groups excluding tert-OH is 2. The smallest absolute Gasteiger partial charge is 0.160 e. The Bertz CT molecular complexity index is 1140. The van der Waals surface area contributed by atoms with Gasteiger partial charge in [-0.05, 0) is 147 Å². The minimum absolute atomic E-state index is 0.00977. The summed E-state index contributed by atoms with van der Waals surface area (Å²) in [4.78, 5) is 0. The van der Waals surface area contributed by atoms with E-state index in [1.165, 1.54) is 5.56 Å². The first kappa shape index (κ1) is 33.0. The van der Waals surface area contributed by atoms with Crippen molar-refractivity contribution >= 4 is 0 Å². The Morgan fingerprint density at radius 2 is 1.58 bits per heavy atom. The molecule has 6 heteroatoms. The van der Waals surface area contributed by atoms with Crippen LogP contribution < -0.4 is 14.8 Å². The molecule has 1 aromatic rings. The number of hydrogen-bond acceptors (Lipinski definition) is 6. The lowest BCUT2D eigenvalue weighted by atomic mass is 9.35. The van der Waals surface area contributed by atoms with Crippen molar-refractivity contribution in [1.82, 2.24) is 5.32 Å². The molecule has 1 aromatic carbocycles. The van der Waals surface area contributed by atoms with Crippen LogP contribution in [-0.4, -0.2) is 60.4 Å². The van der Waals surface area contributed by atoms with Gasteiger partial charge in [0.2, 0.25) is 0 Å². The number of rotatable bonds is 10. The van der Waals surface area contributed by atoms with Crippen LogP contribution in [0.3, 0.4) is 0 Å². The van der Waals surface area contributed by atoms with E-state index in [0.717, 1.165) is 88.8 Å². The highest BCUT2D eigenvalue weighted by molar-refractivity contribution is 5.43. The zero-order chi connectivity index (χ0) is 31.4. The molecule has 6 nitrogen and oxygen atoms in total. The Morgan fingerprint density at radius 3 is 2.28 bits per heavy atom. The van der Waals surface area contributed by atoms with Gasteiger partial charge < -0.3 is 30.1 Å². The lowest BCUT2D eigenvalue weighted by Crippen LogP contribution is -2.66. The van der Waals surface area contributed by atoms with E-state index in [0.29, 0.717) is 11.8 Å². The maximum atomic E-state index is 12.0. The van der Waals surface area contributed by atoms with Crippen molar-refractivity contribution in [3.05, 3.63) is 23.8 Å². The van der Waals surface area contributed by atoms with Crippen LogP contribution in [0.4, 0.5) is 0 Å². The molecule has 244 valence electrons. The second-order valence-corrected chi connectivity index (χ2v) is 16.5. The Hall–Kier alpha value is -1.34. The maximum absolute atomic E-state index is 12.0. The molecule has 0 amide bonds. The molecule has 10 atom stereocenters. The van der Waals surface area contributed by atoms with Gasteiger partial charge in [-0.15, -0.1) is 0 Å². The van der Waals surface area contributed by atoms with Crippen LogP contribution >= 0.6 is 0 Å². The number of hydrogen-bond donors (Lipinski definition) is 4. The van der Waals surface area contributed by atoms with Gasteiger partial charge in [-0.2, -0.15) is 0 Å². The van der Waals surface area contributed by atoms with Crippen LogP contribution in [0.1, 0.15) is 105 Å². The van der Waals surface area contributed by atoms with E-state index in [1.54, 1.807) is 14.2 Å². The molecular formula is C37H61NO5. The fourth-order valence-corrected chi connectivity index (χ4v) is 11.6. The maximum Gasteiger partial charge on any atom is 0.160 e. The van der Waals surface area contributed by atoms with Gasteiger partial charge in [-0.1, -0.05) is 40.7 Å². The topological polar surface area (TPSA) is 91.2 Å². The monoisotopic (exact) mass is 599 g/mol. The number of fused-ring (bicyclic) bond motifs is 5. The van der Waals surface area contributed by atoms with Gasteiger partial charge >= 0.3 is 0 Å². The van der Waals surface area contributed by atoms with Gasteiger partial charge in [-0.25, -0.2) is 0 Å². The third-order valence-electron chi connectivity index (χ3n) is 14.2. The van der Waals surface area contributed by atoms with Crippen molar-refractivity contribution in [2.24, 2.45) is 45.3 Å². The Labute approximate surface area is 261 Å². The molecule has 0 spiro atoms. The summed E-state index contributed by atoms with van der Waals surface area (Å²) in [6, 6.07) is 6.07. The SMILES string of the molecule is COc1ccc(CCNCCC[C@](C)(O)[C@H]2CC[C@]3(C)C2[C@H](O)CC2[C@@]4(C)CC[C@H](O)C(C)(C)C4CC[C@]23C)cc1OC. The summed E-state index contributed by atoms with van der Waals surface area (Å²) in [5.74, 6) is 2.68. The molecule has 4 saturated carbocycles. The molecule has 4 aliphatic rings. The average Bonchev–Trinajstić information content (AvgIpc) is 3.35. The van der Waals surface area contributed by atoms with Crippen LogP contribution in [0.25, 0.3) is 0 Å². The van der Waals surface area contributed by atoms with Crippen LogP contribution in [-0.2, 0) is 6.42 Å². The molecule has 3 unspecified atom stereocenters. The van der Waals surface area contributed by atoms with E-state index in [9.17, 15) is 15.3 Å². The quantitative estimate of drug-likeness (QED) is 0.233. The summed E-state index contributed by atoms with van der Waals surface area (Å²) in [6.07, 6.45) is 9.07. The van der Waals surface area contributed by atoms with Gasteiger partial charge in [0.15, 0.2) is 11.5 Å². The van der Waals surface area contributed by atoms with Gasteiger partial charge in [0.25, 0.3) is 0 Å². The van der Waals surface area contributed by atoms with Crippen LogP contribution in [0.15, 0.2) is 18.2 Å². The Balaban J connectivity index is 1.21. The summed E-state index contributed by atoms with van der Waals surface area (Å²) < 4.78 is 10.8. The molecule has 4 fully saturated rings. The number of benzene rings is 1. The molecule has 0 aromatic heterocycles. The molecule has 5 rings (SSSR count). The highest BCUT2D eigenvalue weighted by atomic mass is 16.5. The zero-order valence-corrected chi connectivity index (χ0v) is 28.3. The highest BCUT2D eigenvalue weighted by Gasteiger charge is 2.71. The van der Waals surface area contributed by atoms with E-state index >= 15 is 0 Å². The summed E-state index contributed by atoms with van der Waals surface area (Å²) in [5, 5.41) is 38.4. The number of ether oxygens (including phenoxy) is 2. The van der Waals surface area contributed by atoms with Gasteiger partial charge in [0, 0.05) is 0 Å². The number of nitrogens with one attached hydrogen (secondary N) is 1. The molecule has 4 aliphatic carbocycles. The van der Waals surface area contributed by atoms with Crippen molar-refractivity contribution in [3.63, 3.8) is 0 Å². The first-order chi connectivity index (χ1) is 20.2. The summed E-state index contributed by atoms with van der Waals surface area (Å²) in [7, 11) is 3.32. The molecule has 4 N–H and O–H groups in total. The first-order valence-corrected chi connectivity index (χ1v) is 17.2. The fraction of sp³-hybridized carbons (Fsp3) is 0.838. The molecule has 0 aliphatic heterocycles. The van der Waals surface area contributed by atoms with Crippen molar-refractivity contribution in [1.29, 1.82) is 0 Å². The summed E-state index contributed by atoms with van der Waals surface area (Å²) >= 11 is 0. The van der Waals surface area contributed by atoms with Crippen molar-refractivity contribution in [2.75, 3.05) is 27.3 Å². The minimum Gasteiger partial charge on any atom is -0.493 e. The second-order valence-electron chi connectivity index (χ2n) is 16.5. The molecule has 0 heterocycles. The van der Waals surface area contributed by atoms with E-state index in [1.807, 2.05) is 19.1 Å². The van der Waals surface area contributed by atoms with Gasteiger partial charge in [0.1, 0.15) is 0 Å². The van der Waals surface area contributed by atoms with E-state index in [4.69, 9.17) is 9.47 Å². The van der Waals surface area contributed by atoms with Gasteiger partial charge in [0.05, 0.1) is 32.0 Å². The van der Waals surface area contributed by atoms with Crippen LogP contribution in [0.5, 0.6) is 11.5 Å². The average molecular weight is 600 g/mol. The predicted molar refractivity (Wildman–Crippen MR) is 172 cm³/mol. The van der Waals surface area contributed by atoms with E-state index < -0.39 is 5.60 Å². The van der Waals surface area contributed by atoms with Gasteiger partial charge in [-0.3, -0.25) is 0 Å². The standard InChI is InChI=1S/C37H61NO5/c1-33(2)29-13-19-35(4)30(34(29,3)17-14-31(33)40)23-26(39)32-25(12-18-36(32,35)5)37(6,41)16-9-20-38-21-15-24-10-11-27(42-7)28(22-24)43-8/h10-11,22,25-26,29-32,38-41H,9,12-21,23H2,1-8H3/t25-,26+,29?,30?,31-,32?,34-,35+,36+,37-/m0/s1. The summed E-state index contributed by atoms with van der Waals surface area (Å²) in [5.41, 5.74) is 0.599. The number of methoxy groups -OCH3 is 2. The Kier molecular flexibility index (Phi) is 9.06. The largest absolute Gasteiger partial charge is 0.493 e. The van der Waals surface area contributed by atoms with E-state index in [2.05, 4.69) is 46.0 Å². The first-order valence-electron chi connectivity index (χ1n) is 17.2. The normalized spacial score (nSPS) is 41.5. The molecule has 0 radical (unpaired) electrons. The molecule has 43 heavy (non-hydrogen) atoms. The minimum atomic E-state index is -0.796. The third-order valence-corrected chi connectivity index (χ3v) is 14.2. The van der Waals surface area contributed by atoms with E-state index in [-0.39, 0.29) is 45.7 Å². The van der Waals surface area contributed by atoms with Crippen LogP contribution in [0, 0.1) is 45.3 Å². The Morgan fingerprint density at radius 1 is 0.884 bits per heavy atom. The van der Waals surface area contributed by atoms with Crippen molar-refractivity contribution < 1.29 is 24.8 Å². The van der Waals surface area contributed by atoms with Crippen molar-refractivity contribution in [3.8, 4) is 11.5 Å². The molecule has 0 bridgehead atoms. The fourth-order valence-electron chi connectivity index (χ4n) is 11.6. The predicted octanol–water partition coefficient (Wildman–Crippen LogP) is 6.38. The zero-order valence-electron chi connectivity index (χ0n) is 28.3. The second kappa shape index (κ2) is 11.8. The number of aliphatic hydroxyl groups is 3. The summed E-state index contributed by atoms with van der Waals surface area (Å²) in [6.45, 7) is 15.8. The lowest BCUT2D eigenvalue weighted by molar-refractivity contribution is -0.246. The van der Waals surface area contributed by atoms with Crippen molar-refractivity contribution in [2.45, 2.75) is 124 Å². The highest BCUT2D eigenvalue weighted by Crippen LogP contribution is 2.75. The molecule has 0 saturated heterocycles. The molecular weight excluding hydrogens is 538 g/mol.